The largest absolute Gasteiger partial charge is 0.126 e. The Morgan fingerprint density at radius 1 is 1.11 bits per heavy atom. The van der Waals surface area contributed by atoms with Crippen molar-refractivity contribution in [1.29, 1.82) is 0 Å². The minimum Gasteiger partial charge on any atom is -0.0809 e. The average Bonchev–Trinajstić information content (AvgIpc) is 2.30. The monoisotopic (exact) mass is 448 g/mol. The second-order valence-electron chi connectivity index (χ2n) is 3.53. The fourth-order valence-corrected chi connectivity index (χ4v) is 3.81. The number of thioether (sulfide) groups is 1. The lowest BCUT2D eigenvalue weighted by molar-refractivity contribution is 1.27. The highest BCUT2D eigenvalue weighted by Crippen LogP contribution is 2.42. The lowest BCUT2D eigenvalue weighted by Crippen LogP contribution is -1.82. The second-order valence-corrected chi connectivity index (χ2v) is 8.02. The van der Waals surface area contributed by atoms with Gasteiger partial charge < -0.3 is 0 Å². The van der Waals surface area contributed by atoms with Crippen LogP contribution in [0.4, 0.5) is 0 Å². The molecule has 0 fully saturated rings. The molecule has 0 unspecified atom stereocenters. The zero-order valence-electron chi connectivity index (χ0n) is 9.53. The first kappa shape index (κ1) is 16.9. The number of rotatable bonds is 3. The van der Waals surface area contributed by atoms with Gasteiger partial charge in [0.2, 0.25) is 0 Å². The minimum absolute atomic E-state index is 0.0294. The molecular formula is C12H9Br2Cl3S. The van der Waals surface area contributed by atoms with Crippen molar-refractivity contribution in [2.75, 3.05) is 0 Å². The highest BCUT2D eigenvalue weighted by atomic mass is 79.9. The van der Waals surface area contributed by atoms with E-state index in [0.717, 1.165) is 8.71 Å². The van der Waals surface area contributed by atoms with E-state index in [9.17, 15) is 0 Å². The molecule has 0 aliphatic carbocycles. The Morgan fingerprint density at radius 2 is 1.72 bits per heavy atom. The molecular weight excluding hydrogens is 442 g/mol. The molecule has 0 aliphatic heterocycles. The summed E-state index contributed by atoms with van der Waals surface area (Å²) in [5.74, 6) is 0. The van der Waals surface area contributed by atoms with Gasteiger partial charge in [-0.1, -0.05) is 64.3 Å². The number of halogens is 5. The first-order valence-electron chi connectivity index (χ1n) is 4.84. The summed E-state index contributed by atoms with van der Waals surface area (Å²) in [6.07, 6.45) is 0. The van der Waals surface area contributed by atoms with Crippen molar-refractivity contribution < 1.29 is 0 Å². The number of allylic oxidation sites excluding steroid dienone is 2. The van der Waals surface area contributed by atoms with Crippen molar-refractivity contribution in [2.45, 2.75) is 18.7 Å². The molecule has 0 bridgehead atoms. The van der Waals surface area contributed by atoms with E-state index in [2.05, 4.69) is 63.9 Å². The van der Waals surface area contributed by atoms with Gasteiger partial charge in [0.05, 0.1) is 13.3 Å². The maximum Gasteiger partial charge on any atom is 0.126 e. The maximum absolute atomic E-state index is 5.96. The first-order chi connectivity index (χ1) is 8.32. The summed E-state index contributed by atoms with van der Waals surface area (Å²) in [4.78, 5) is 1.14. The molecule has 1 rings (SSSR count). The molecule has 6 heteroatoms. The van der Waals surface area contributed by atoms with Crippen LogP contribution in [0.2, 0.25) is 0 Å². The molecule has 1 aromatic rings. The standard InChI is InChI=1S/C12H9Br2Cl3S/c1-6-3-4-8(7(2)5-6)18-11(14)9(13)10(15)12(16)17/h3-5H,1-2H3. The summed E-state index contributed by atoms with van der Waals surface area (Å²) in [6.45, 7) is 4.13. The predicted molar refractivity (Wildman–Crippen MR) is 91.2 cm³/mol. The van der Waals surface area contributed by atoms with Gasteiger partial charge in [-0.25, -0.2) is 0 Å². The van der Waals surface area contributed by atoms with E-state index in [1.54, 1.807) is 11.8 Å². The van der Waals surface area contributed by atoms with E-state index in [1.807, 2.05) is 0 Å². The van der Waals surface area contributed by atoms with E-state index < -0.39 is 0 Å². The van der Waals surface area contributed by atoms with Gasteiger partial charge in [-0.3, -0.25) is 0 Å². The van der Waals surface area contributed by atoms with Crippen LogP contribution in [0.1, 0.15) is 11.1 Å². The van der Waals surface area contributed by atoms with Gasteiger partial charge in [0.25, 0.3) is 0 Å². The van der Waals surface area contributed by atoms with E-state index in [4.69, 9.17) is 34.8 Å². The maximum atomic E-state index is 5.96. The third-order valence-electron chi connectivity index (χ3n) is 2.06. The summed E-state index contributed by atoms with van der Waals surface area (Å²) in [6, 6.07) is 6.26. The van der Waals surface area contributed by atoms with Crippen LogP contribution in [0.15, 0.2) is 40.9 Å². The Labute approximate surface area is 143 Å². The van der Waals surface area contributed by atoms with Crippen molar-refractivity contribution in [2.24, 2.45) is 0 Å². The van der Waals surface area contributed by atoms with Gasteiger partial charge in [0.1, 0.15) is 4.49 Å². The molecule has 0 heterocycles. The molecule has 0 spiro atoms. The van der Waals surface area contributed by atoms with Crippen molar-refractivity contribution >= 4 is 78.4 Å². The quantitative estimate of drug-likeness (QED) is 0.345. The first-order valence-corrected chi connectivity index (χ1v) is 8.38. The number of hydrogen-bond acceptors (Lipinski definition) is 1. The van der Waals surface area contributed by atoms with Crippen molar-refractivity contribution in [3.05, 3.63) is 47.1 Å². The van der Waals surface area contributed by atoms with Crippen LogP contribution < -0.4 is 0 Å². The molecule has 0 radical (unpaired) electrons. The Bertz CT molecular complexity index is 520. The Hall–Kier alpha value is 0.880. The summed E-state index contributed by atoms with van der Waals surface area (Å²) in [5.41, 5.74) is 2.44. The second kappa shape index (κ2) is 7.61. The zero-order chi connectivity index (χ0) is 13.9. The summed E-state index contributed by atoms with van der Waals surface area (Å²) < 4.78 is 1.48. The Kier molecular flexibility index (Phi) is 7.16. The van der Waals surface area contributed by atoms with E-state index >= 15 is 0 Å². The van der Waals surface area contributed by atoms with Crippen LogP contribution in [-0.4, -0.2) is 0 Å². The normalized spacial score (nSPS) is 12.2. The predicted octanol–water partition coefficient (Wildman–Crippen LogP) is 7.24. The third-order valence-corrected chi connectivity index (χ3v) is 6.77. The van der Waals surface area contributed by atoms with Gasteiger partial charge >= 0.3 is 0 Å². The molecule has 98 valence electrons. The zero-order valence-corrected chi connectivity index (χ0v) is 15.8. The van der Waals surface area contributed by atoms with Crippen LogP contribution in [-0.2, 0) is 0 Å². The summed E-state index contributed by atoms with van der Waals surface area (Å²) in [7, 11) is 0. The smallest absolute Gasteiger partial charge is 0.0809 e. The molecule has 0 aliphatic rings. The van der Waals surface area contributed by atoms with Crippen LogP contribution in [0.3, 0.4) is 0 Å². The van der Waals surface area contributed by atoms with E-state index in [1.165, 1.54) is 11.1 Å². The summed E-state index contributed by atoms with van der Waals surface area (Å²) in [5, 5.41) is 0.280. The third kappa shape index (κ3) is 4.77. The molecule has 0 saturated carbocycles. The molecule has 1 aromatic carbocycles. The molecule has 0 nitrogen and oxygen atoms in total. The van der Waals surface area contributed by atoms with Gasteiger partial charge in [-0.2, -0.15) is 0 Å². The van der Waals surface area contributed by atoms with Crippen molar-refractivity contribution in [3.63, 3.8) is 0 Å². The Balaban J connectivity index is 3.04. The fourth-order valence-electron chi connectivity index (χ4n) is 1.22. The molecule has 0 saturated heterocycles. The number of hydrogen-bond donors (Lipinski definition) is 0. The van der Waals surface area contributed by atoms with Crippen molar-refractivity contribution in [3.8, 4) is 0 Å². The lowest BCUT2D eigenvalue weighted by atomic mass is 10.2. The van der Waals surface area contributed by atoms with Crippen LogP contribution >= 0.6 is 78.4 Å². The van der Waals surface area contributed by atoms with Gasteiger partial charge in [0, 0.05) is 4.90 Å². The summed E-state index contributed by atoms with van der Waals surface area (Å²) >= 11 is 25.6. The average molecular weight is 451 g/mol. The fraction of sp³-hybridized carbons (Fsp3) is 0.167. The van der Waals surface area contributed by atoms with Gasteiger partial charge in [-0.15, -0.1) is 0 Å². The highest BCUT2D eigenvalue weighted by Gasteiger charge is 2.11. The van der Waals surface area contributed by atoms with Crippen LogP contribution in [0.5, 0.6) is 0 Å². The number of benzene rings is 1. The van der Waals surface area contributed by atoms with Crippen molar-refractivity contribution in [1.82, 2.24) is 0 Å². The van der Waals surface area contributed by atoms with E-state index in [0.29, 0.717) is 4.48 Å². The van der Waals surface area contributed by atoms with Crippen LogP contribution in [0, 0.1) is 13.8 Å². The molecule has 0 atom stereocenters. The van der Waals surface area contributed by atoms with Gasteiger partial charge in [-0.05, 0) is 57.3 Å². The number of aryl methyl sites for hydroxylation is 2. The molecule has 18 heavy (non-hydrogen) atoms. The SMILES string of the molecule is Cc1ccc(SC(Br)=C(Br)C(Cl)=C(Cl)Cl)c(C)c1. The van der Waals surface area contributed by atoms with Gasteiger partial charge in [0.15, 0.2) is 0 Å². The van der Waals surface area contributed by atoms with E-state index in [-0.39, 0.29) is 9.52 Å². The molecule has 0 N–H and O–H groups in total. The topological polar surface area (TPSA) is 0 Å². The lowest BCUT2D eigenvalue weighted by Gasteiger charge is -2.07. The molecule has 0 aromatic heterocycles. The highest BCUT2D eigenvalue weighted by molar-refractivity contribution is 9.15. The van der Waals surface area contributed by atoms with Crippen LogP contribution in [0.25, 0.3) is 0 Å². The molecule has 0 amide bonds. The minimum atomic E-state index is 0.0294. The Morgan fingerprint density at radius 3 is 2.22 bits per heavy atom.